The number of rotatable bonds is 5. The minimum atomic E-state index is -4.43. The van der Waals surface area contributed by atoms with Crippen LogP contribution in [0, 0.1) is 12.7 Å². The van der Waals surface area contributed by atoms with E-state index in [2.05, 4.69) is 15.0 Å². The molecule has 0 radical (unpaired) electrons. The van der Waals surface area contributed by atoms with Gasteiger partial charge < -0.3 is 10.1 Å². The van der Waals surface area contributed by atoms with Crippen molar-refractivity contribution in [2.75, 3.05) is 6.61 Å². The van der Waals surface area contributed by atoms with E-state index in [0.29, 0.717) is 11.3 Å². The molecule has 4 nitrogen and oxygen atoms in total. The molecule has 0 aliphatic heterocycles. The Morgan fingerprint density at radius 2 is 2.00 bits per heavy atom. The van der Waals surface area contributed by atoms with Crippen molar-refractivity contribution in [3.63, 3.8) is 0 Å². The molecule has 0 spiro atoms. The van der Waals surface area contributed by atoms with Crippen LogP contribution in [0.2, 0.25) is 0 Å². The van der Waals surface area contributed by atoms with Gasteiger partial charge in [0.1, 0.15) is 11.6 Å². The average molecular weight is 356 g/mol. The number of amides is 1. The summed E-state index contributed by atoms with van der Waals surface area (Å²) in [5, 5.41) is 2.65. The Balaban J connectivity index is 1.99. The normalized spacial score (nSPS) is 12.6. The van der Waals surface area contributed by atoms with E-state index in [0.717, 1.165) is 12.3 Å². The fraction of sp³-hybridized carbons (Fsp3) is 0.294. The third kappa shape index (κ3) is 5.44. The van der Waals surface area contributed by atoms with Gasteiger partial charge in [0.15, 0.2) is 6.61 Å². The molecule has 1 heterocycles. The maximum atomic E-state index is 13.5. The van der Waals surface area contributed by atoms with Crippen molar-refractivity contribution in [2.24, 2.45) is 0 Å². The summed E-state index contributed by atoms with van der Waals surface area (Å²) < 4.78 is 54.3. The lowest BCUT2D eigenvalue weighted by atomic mass is 10.1. The van der Waals surface area contributed by atoms with Gasteiger partial charge in [0, 0.05) is 5.56 Å². The van der Waals surface area contributed by atoms with E-state index >= 15 is 0 Å². The van der Waals surface area contributed by atoms with Gasteiger partial charge in [-0.2, -0.15) is 13.2 Å². The number of hydrogen-bond donors (Lipinski definition) is 1. The molecular formula is C17H16F4N2O2. The summed E-state index contributed by atoms with van der Waals surface area (Å²) >= 11 is 0. The molecular weight excluding hydrogens is 340 g/mol. The molecule has 0 fully saturated rings. The molecule has 25 heavy (non-hydrogen) atoms. The lowest BCUT2D eigenvalue weighted by Gasteiger charge is -2.15. The Hall–Kier alpha value is -2.64. The number of nitrogens with zero attached hydrogens (tertiary/aromatic N) is 1. The fourth-order valence-electron chi connectivity index (χ4n) is 1.99. The summed E-state index contributed by atoms with van der Waals surface area (Å²) in [5.41, 5.74) is 1.03. The van der Waals surface area contributed by atoms with E-state index in [9.17, 15) is 22.4 Å². The summed E-state index contributed by atoms with van der Waals surface area (Å²) in [7, 11) is 0. The Bertz CT molecular complexity index is 745. The van der Waals surface area contributed by atoms with E-state index in [4.69, 9.17) is 0 Å². The third-order valence-electron chi connectivity index (χ3n) is 3.39. The predicted octanol–water partition coefficient (Wildman–Crippen LogP) is 3.96. The van der Waals surface area contributed by atoms with Crippen molar-refractivity contribution >= 4 is 5.91 Å². The van der Waals surface area contributed by atoms with Crippen LogP contribution in [0.15, 0.2) is 36.5 Å². The highest BCUT2D eigenvalue weighted by Crippen LogP contribution is 2.19. The highest BCUT2D eigenvalue weighted by atomic mass is 19.4. The molecule has 8 heteroatoms. The van der Waals surface area contributed by atoms with Gasteiger partial charge in [0.2, 0.25) is 0 Å². The van der Waals surface area contributed by atoms with Crippen molar-refractivity contribution < 1.29 is 27.1 Å². The van der Waals surface area contributed by atoms with Crippen LogP contribution in [-0.4, -0.2) is 23.7 Å². The summed E-state index contributed by atoms with van der Waals surface area (Å²) in [5.74, 6) is -0.990. The standard InChI is InChI=1S/C17H16F4N2O2/c1-10-3-4-12(7-14(10)18)16(24)23-11(2)15-6-5-13(8-22-15)25-9-17(19,20)21/h3-8,11H,9H2,1-2H3,(H,23,24)/t11-/m1/s1. The number of alkyl halides is 3. The summed E-state index contributed by atoms with van der Waals surface area (Å²) in [4.78, 5) is 16.1. The molecule has 0 saturated carbocycles. The number of pyridine rings is 1. The number of aromatic nitrogens is 1. The van der Waals surface area contributed by atoms with E-state index in [1.54, 1.807) is 13.8 Å². The van der Waals surface area contributed by atoms with Crippen LogP contribution in [0.4, 0.5) is 17.6 Å². The van der Waals surface area contributed by atoms with Crippen LogP contribution in [-0.2, 0) is 0 Å². The largest absolute Gasteiger partial charge is 0.483 e. The van der Waals surface area contributed by atoms with E-state index in [-0.39, 0.29) is 11.3 Å². The van der Waals surface area contributed by atoms with Gasteiger partial charge in [-0.1, -0.05) is 6.07 Å². The van der Waals surface area contributed by atoms with Crippen LogP contribution in [0.3, 0.4) is 0 Å². The molecule has 0 saturated heterocycles. The first kappa shape index (κ1) is 18.7. The molecule has 1 amide bonds. The SMILES string of the molecule is Cc1ccc(C(=O)N[C@H](C)c2ccc(OCC(F)(F)F)cn2)cc1F. The zero-order valence-corrected chi connectivity index (χ0v) is 13.5. The molecule has 1 N–H and O–H groups in total. The minimum Gasteiger partial charge on any atom is -0.483 e. The number of hydrogen-bond acceptors (Lipinski definition) is 3. The fourth-order valence-corrected chi connectivity index (χ4v) is 1.99. The molecule has 2 aromatic rings. The molecule has 0 bridgehead atoms. The summed E-state index contributed by atoms with van der Waals surface area (Å²) in [6.07, 6.45) is -3.28. The van der Waals surface area contributed by atoms with Gasteiger partial charge in [-0.3, -0.25) is 9.78 Å². The van der Waals surface area contributed by atoms with Gasteiger partial charge in [0.25, 0.3) is 5.91 Å². The lowest BCUT2D eigenvalue weighted by Crippen LogP contribution is -2.27. The van der Waals surface area contributed by atoms with Crippen LogP contribution >= 0.6 is 0 Å². The number of ether oxygens (including phenoxy) is 1. The van der Waals surface area contributed by atoms with E-state index < -0.39 is 30.5 Å². The maximum absolute atomic E-state index is 13.5. The second-order valence-electron chi connectivity index (χ2n) is 5.48. The van der Waals surface area contributed by atoms with Crippen LogP contribution in [0.1, 0.15) is 34.6 Å². The van der Waals surface area contributed by atoms with Gasteiger partial charge in [-0.05, 0) is 43.7 Å². The second-order valence-corrected chi connectivity index (χ2v) is 5.48. The molecule has 1 atom stereocenters. The molecule has 0 unspecified atom stereocenters. The van der Waals surface area contributed by atoms with Crippen LogP contribution in [0.5, 0.6) is 5.75 Å². The smallest absolute Gasteiger partial charge is 0.422 e. The van der Waals surface area contributed by atoms with Gasteiger partial charge >= 0.3 is 6.18 Å². The predicted molar refractivity (Wildman–Crippen MR) is 82.8 cm³/mol. The minimum absolute atomic E-state index is 0.0276. The first-order chi connectivity index (χ1) is 11.7. The zero-order valence-electron chi connectivity index (χ0n) is 13.5. The van der Waals surface area contributed by atoms with Crippen LogP contribution < -0.4 is 10.1 Å². The van der Waals surface area contributed by atoms with Crippen molar-refractivity contribution in [3.05, 3.63) is 59.2 Å². The van der Waals surface area contributed by atoms with Crippen molar-refractivity contribution in [1.29, 1.82) is 0 Å². The summed E-state index contributed by atoms with van der Waals surface area (Å²) in [6.45, 7) is 1.84. The quantitative estimate of drug-likeness (QED) is 0.825. The van der Waals surface area contributed by atoms with Gasteiger partial charge in [0.05, 0.1) is 17.9 Å². The molecule has 0 aliphatic rings. The monoisotopic (exact) mass is 356 g/mol. The lowest BCUT2D eigenvalue weighted by molar-refractivity contribution is -0.153. The number of halogens is 4. The summed E-state index contributed by atoms with van der Waals surface area (Å²) in [6, 6.07) is 6.41. The number of benzene rings is 1. The molecule has 2 rings (SSSR count). The number of aryl methyl sites for hydroxylation is 1. The topological polar surface area (TPSA) is 51.2 Å². The Morgan fingerprint density at radius 3 is 2.56 bits per heavy atom. The molecule has 1 aromatic carbocycles. The average Bonchev–Trinajstić information content (AvgIpc) is 2.55. The Morgan fingerprint density at radius 1 is 1.28 bits per heavy atom. The molecule has 0 aliphatic carbocycles. The number of nitrogens with one attached hydrogen (secondary N) is 1. The zero-order chi connectivity index (χ0) is 18.6. The number of carbonyl (C=O) groups excluding carboxylic acids is 1. The molecule has 134 valence electrons. The van der Waals surface area contributed by atoms with Gasteiger partial charge in [-0.15, -0.1) is 0 Å². The van der Waals surface area contributed by atoms with Gasteiger partial charge in [-0.25, -0.2) is 4.39 Å². The highest BCUT2D eigenvalue weighted by Gasteiger charge is 2.28. The molecule has 1 aromatic heterocycles. The first-order valence-corrected chi connectivity index (χ1v) is 7.38. The number of carbonyl (C=O) groups is 1. The Labute approximate surface area is 141 Å². The van der Waals surface area contributed by atoms with Crippen molar-refractivity contribution in [3.8, 4) is 5.75 Å². The first-order valence-electron chi connectivity index (χ1n) is 7.38. The van der Waals surface area contributed by atoms with Crippen LogP contribution in [0.25, 0.3) is 0 Å². The van der Waals surface area contributed by atoms with E-state index in [1.165, 1.54) is 24.3 Å². The maximum Gasteiger partial charge on any atom is 0.422 e. The Kier molecular flexibility index (Phi) is 5.61. The second kappa shape index (κ2) is 7.50. The third-order valence-corrected chi connectivity index (χ3v) is 3.39. The van der Waals surface area contributed by atoms with E-state index in [1.807, 2.05) is 0 Å². The van der Waals surface area contributed by atoms with Crippen molar-refractivity contribution in [2.45, 2.75) is 26.1 Å². The van der Waals surface area contributed by atoms with Crippen molar-refractivity contribution in [1.82, 2.24) is 10.3 Å². The highest BCUT2D eigenvalue weighted by molar-refractivity contribution is 5.94.